The van der Waals surface area contributed by atoms with Gasteiger partial charge in [0.1, 0.15) is 0 Å². The van der Waals surface area contributed by atoms with Crippen LogP contribution >= 0.6 is 24.0 Å². The number of nitrogens with one attached hydrogen (secondary N) is 2. The number of guanidine groups is 1. The van der Waals surface area contributed by atoms with Crippen LogP contribution in [0.15, 0.2) is 29.3 Å². The van der Waals surface area contributed by atoms with E-state index in [0.29, 0.717) is 6.54 Å². The lowest BCUT2D eigenvalue weighted by molar-refractivity contribution is -0.123. The van der Waals surface area contributed by atoms with Crippen molar-refractivity contribution >= 4 is 35.8 Å². The highest BCUT2D eigenvalue weighted by Crippen LogP contribution is 2.18. The second-order valence-corrected chi connectivity index (χ2v) is 7.97. The van der Waals surface area contributed by atoms with E-state index in [-0.39, 0.29) is 35.8 Å². The molecule has 4 N–H and O–H groups in total. The summed E-state index contributed by atoms with van der Waals surface area (Å²) >= 11 is 0. The first kappa shape index (κ1) is 27.6. The number of ether oxygens (including phenoxy) is 1. The lowest BCUT2D eigenvalue weighted by atomic mass is 9.97. The summed E-state index contributed by atoms with van der Waals surface area (Å²) in [5.74, 6) is 0.605. The Hall–Kier alpha value is -1.39. The number of hydrogen-bond acceptors (Lipinski definition) is 4. The van der Waals surface area contributed by atoms with Gasteiger partial charge in [-0.25, -0.2) is 0 Å². The van der Waals surface area contributed by atoms with Crippen molar-refractivity contribution in [2.75, 3.05) is 39.9 Å². The van der Waals surface area contributed by atoms with E-state index in [9.17, 15) is 4.79 Å². The topological polar surface area (TPSA) is 92.0 Å². The molecule has 8 heteroatoms. The standard InChI is InChI=1S/C23H39N5O2.HI/c1-3-4-13-30-14-7-11-26-23(25-2)27-16-19-8-5-9-20(15-19)17-28-12-6-10-21(18-28)22(24)29;/h5,8-9,15,21H,3-4,6-7,10-14,16-18H2,1-2H3,(H2,24,29)(H2,25,26,27);1H. The van der Waals surface area contributed by atoms with E-state index >= 15 is 0 Å². The summed E-state index contributed by atoms with van der Waals surface area (Å²) in [5.41, 5.74) is 7.97. The Morgan fingerprint density at radius 1 is 1.26 bits per heavy atom. The molecule has 1 saturated heterocycles. The molecule has 0 radical (unpaired) electrons. The van der Waals surface area contributed by atoms with Gasteiger partial charge in [-0.3, -0.25) is 14.7 Å². The van der Waals surface area contributed by atoms with Gasteiger partial charge in [-0.15, -0.1) is 24.0 Å². The number of halogens is 1. The number of nitrogens with zero attached hydrogens (tertiary/aromatic N) is 2. The van der Waals surface area contributed by atoms with Gasteiger partial charge in [0.15, 0.2) is 5.96 Å². The number of rotatable bonds is 12. The van der Waals surface area contributed by atoms with Gasteiger partial charge >= 0.3 is 0 Å². The SMILES string of the molecule is CCCCOCCCNC(=NC)NCc1cccc(CN2CCCC(C(N)=O)C2)c1.I. The van der Waals surface area contributed by atoms with Crippen LogP contribution in [-0.4, -0.2) is 56.7 Å². The van der Waals surface area contributed by atoms with Crippen molar-refractivity contribution in [1.82, 2.24) is 15.5 Å². The molecule has 0 aliphatic carbocycles. The Kier molecular flexibility index (Phi) is 14.5. The van der Waals surface area contributed by atoms with Gasteiger partial charge in [-0.2, -0.15) is 0 Å². The fourth-order valence-corrected chi connectivity index (χ4v) is 3.66. The first-order valence-corrected chi connectivity index (χ1v) is 11.2. The maximum atomic E-state index is 11.5. The zero-order valence-electron chi connectivity index (χ0n) is 19.1. The molecular weight excluding hydrogens is 505 g/mol. The van der Waals surface area contributed by atoms with E-state index in [1.165, 1.54) is 17.5 Å². The maximum absolute atomic E-state index is 11.5. The molecule has 1 amide bonds. The average Bonchev–Trinajstić information content (AvgIpc) is 2.75. The molecule has 0 bridgehead atoms. The number of likely N-dealkylation sites (tertiary alicyclic amines) is 1. The van der Waals surface area contributed by atoms with Crippen molar-refractivity contribution in [3.63, 3.8) is 0 Å². The zero-order valence-corrected chi connectivity index (χ0v) is 21.4. The summed E-state index contributed by atoms with van der Waals surface area (Å²) in [6, 6.07) is 8.57. The largest absolute Gasteiger partial charge is 0.381 e. The first-order chi connectivity index (χ1) is 14.6. The van der Waals surface area contributed by atoms with Crippen molar-refractivity contribution in [3.8, 4) is 0 Å². The van der Waals surface area contributed by atoms with Gasteiger partial charge in [0.05, 0.1) is 5.92 Å². The Bertz CT molecular complexity index is 671. The van der Waals surface area contributed by atoms with Gasteiger partial charge in [0, 0.05) is 46.4 Å². The Morgan fingerprint density at radius 3 is 2.77 bits per heavy atom. The quantitative estimate of drug-likeness (QED) is 0.163. The molecule has 1 unspecified atom stereocenters. The summed E-state index contributed by atoms with van der Waals surface area (Å²) in [6.07, 6.45) is 5.19. The minimum Gasteiger partial charge on any atom is -0.381 e. The number of aliphatic imine (C=N–C) groups is 1. The number of carbonyl (C=O) groups is 1. The van der Waals surface area contributed by atoms with Crippen LogP contribution in [0.25, 0.3) is 0 Å². The second-order valence-electron chi connectivity index (χ2n) is 7.97. The van der Waals surface area contributed by atoms with Gasteiger partial charge in [0.25, 0.3) is 0 Å². The van der Waals surface area contributed by atoms with Crippen LogP contribution in [-0.2, 0) is 22.6 Å². The third-order valence-corrected chi connectivity index (χ3v) is 5.39. The lowest BCUT2D eigenvalue weighted by Gasteiger charge is -2.31. The van der Waals surface area contributed by atoms with E-state index in [1.807, 2.05) is 0 Å². The van der Waals surface area contributed by atoms with Gasteiger partial charge in [-0.1, -0.05) is 37.6 Å². The number of benzene rings is 1. The molecule has 1 atom stereocenters. The van der Waals surface area contributed by atoms with Crippen LogP contribution in [0.2, 0.25) is 0 Å². The number of carbonyl (C=O) groups excluding carboxylic acids is 1. The van der Waals surface area contributed by atoms with E-state index in [1.54, 1.807) is 7.05 Å². The highest BCUT2D eigenvalue weighted by Gasteiger charge is 2.23. The smallest absolute Gasteiger partial charge is 0.221 e. The summed E-state index contributed by atoms with van der Waals surface area (Å²) in [6.45, 7) is 7.97. The molecule has 0 spiro atoms. The lowest BCUT2D eigenvalue weighted by Crippen LogP contribution is -2.40. The Labute approximate surface area is 204 Å². The number of hydrogen-bond donors (Lipinski definition) is 3. The number of primary amides is 1. The number of unbranched alkanes of at least 4 members (excludes halogenated alkanes) is 1. The van der Waals surface area contributed by atoms with Crippen molar-refractivity contribution in [2.24, 2.45) is 16.6 Å². The zero-order chi connectivity index (χ0) is 21.6. The van der Waals surface area contributed by atoms with Gasteiger partial charge in [-0.05, 0) is 43.4 Å². The molecule has 31 heavy (non-hydrogen) atoms. The molecule has 176 valence electrons. The molecule has 1 aromatic rings. The molecule has 1 aliphatic heterocycles. The predicted molar refractivity (Wildman–Crippen MR) is 138 cm³/mol. The van der Waals surface area contributed by atoms with Crippen LogP contribution in [0.3, 0.4) is 0 Å². The normalized spacial score (nSPS) is 17.1. The first-order valence-electron chi connectivity index (χ1n) is 11.2. The highest BCUT2D eigenvalue weighted by molar-refractivity contribution is 14.0. The van der Waals surface area contributed by atoms with Crippen molar-refractivity contribution in [2.45, 2.75) is 52.1 Å². The van der Waals surface area contributed by atoms with E-state index in [0.717, 1.165) is 71.0 Å². The fraction of sp³-hybridized carbons (Fsp3) is 0.652. The highest BCUT2D eigenvalue weighted by atomic mass is 127. The van der Waals surface area contributed by atoms with E-state index < -0.39 is 0 Å². The third-order valence-electron chi connectivity index (χ3n) is 5.39. The molecule has 2 rings (SSSR count). The van der Waals surface area contributed by atoms with Crippen molar-refractivity contribution < 1.29 is 9.53 Å². The number of amides is 1. The maximum Gasteiger partial charge on any atom is 0.221 e. The number of piperidine rings is 1. The molecule has 0 aromatic heterocycles. The predicted octanol–water partition coefficient (Wildman–Crippen LogP) is 2.87. The van der Waals surface area contributed by atoms with E-state index in [2.05, 4.69) is 51.7 Å². The van der Waals surface area contributed by atoms with Crippen molar-refractivity contribution in [3.05, 3.63) is 35.4 Å². The Balaban J connectivity index is 0.00000480. The second kappa shape index (κ2) is 16.3. The molecule has 1 fully saturated rings. The molecule has 1 aliphatic rings. The molecular formula is C23H40IN5O2. The molecule has 0 saturated carbocycles. The van der Waals surface area contributed by atoms with Crippen LogP contribution in [0.4, 0.5) is 0 Å². The molecule has 1 heterocycles. The Morgan fingerprint density at radius 2 is 2.03 bits per heavy atom. The van der Waals surface area contributed by atoms with Crippen LogP contribution < -0.4 is 16.4 Å². The van der Waals surface area contributed by atoms with Crippen LogP contribution in [0, 0.1) is 5.92 Å². The summed E-state index contributed by atoms with van der Waals surface area (Å²) in [4.78, 5) is 18.1. The van der Waals surface area contributed by atoms with Gasteiger partial charge in [0.2, 0.25) is 5.91 Å². The fourth-order valence-electron chi connectivity index (χ4n) is 3.66. The minimum atomic E-state index is -0.177. The molecule has 1 aromatic carbocycles. The summed E-state index contributed by atoms with van der Waals surface area (Å²) in [7, 11) is 1.79. The van der Waals surface area contributed by atoms with E-state index in [4.69, 9.17) is 10.5 Å². The van der Waals surface area contributed by atoms with Gasteiger partial charge < -0.3 is 21.1 Å². The third kappa shape index (κ3) is 11.2. The minimum absolute atomic E-state index is 0. The monoisotopic (exact) mass is 545 g/mol. The average molecular weight is 546 g/mol. The van der Waals surface area contributed by atoms with Crippen LogP contribution in [0.5, 0.6) is 0 Å². The van der Waals surface area contributed by atoms with Crippen LogP contribution in [0.1, 0.15) is 50.2 Å². The summed E-state index contributed by atoms with van der Waals surface area (Å²) < 4.78 is 5.58. The number of nitrogens with two attached hydrogens (primary N) is 1. The molecule has 7 nitrogen and oxygen atoms in total. The van der Waals surface area contributed by atoms with Crippen molar-refractivity contribution in [1.29, 1.82) is 0 Å². The summed E-state index contributed by atoms with van der Waals surface area (Å²) in [5, 5.41) is 6.71.